The van der Waals surface area contributed by atoms with Gasteiger partial charge in [-0.05, 0) is 33.2 Å². The van der Waals surface area contributed by atoms with Crippen LogP contribution in [0.25, 0.3) is 22.3 Å². The molecule has 0 N–H and O–H groups in total. The molecule has 0 saturated heterocycles. The van der Waals surface area contributed by atoms with E-state index in [1.165, 1.54) is 27.8 Å². The van der Waals surface area contributed by atoms with E-state index in [1.54, 1.807) is 0 Å². The van der Waals surface area contributed by atoms with Crippen molar-refractivity contribution in [2.75, 3.05) is 0 Å². The first-order valence-electron chi connectivity index (χ1n) is 7.82. The Bertz CT molecular complexity index is 767. The minimum atomic E-state index is 0. The first kappa shape index (κ1) is 17.5. The van der Waals surface area contributed by atoms with Crippen LogP contribution in [0.3, 0.4) is 0 Å². The summed E-state index contributed by atoms with van der Waals surface area (Å²) in [6.45, 7) is 6.82. The Morgan fingerprint density at radius 1 is 0.522 bits per heavy atom. The van der Waals surface area contributed by atoms with Gasteiger partial charge in [-0.1, -0.05) is 99.6 Å². The van der Waals surface area contributed by atoms with E-state index in [9.17, 15) is 0 Å². The molecule has 0 aromatic heterocycles. The molecule has 0 unspecified atom stereocenters. The molecule has 0 bridgehead atoms. The molecule has 0 nitrogen and oxygen atoms in total. The Hall–Kier alpha value is -1.82. The van der Waals surface area contributed by atoms with E-state index in [1.807, 2.05) is 0 Å². The second-order valence-electron chi connectivity index (χ2n) is 6.71. The maximum absolute atomic E-state index is 2.27. The molecule has 3 aromatic carbocycles. The van der Waals surface area contributed by atoms with Crippen LogP contribution in [-0.4, -0.2) is 17.1 Å². The van der Waals surface area contributed by atoms with E-state index in [0.29, 0.717) is 0 Å². The second-order valence-corrected chi connectivity index (χ2v) is 6.71. The fraction of sp³-hybridized carbons (Fsp3) is 0.182. The molecule has 0 amide bonds. The molecule has 0 aliphatic carbocycles. The Labute approximate surface area is 150 Å². The number of rotatable bonds is 2. The summed E-state index contributed by atoms with van der Waals surface area (Å²) in [6.07, 6.45) is 0. The van der Waals surface area contributed by atoms with Gasteiger partial charge in [0, 0.05) is 0 Å². The zero-order valence-corrected chi connectivity index (χ0v) is 16.1. The number of hydrogen-bond acceptors (Lipinski definition) is 0. The van der Waals surface area contributed by atoms with Gasteiger partial charge in [-0.2, -0.15) is 0 Å². The van der Waals surface area contributed by atoms with Crippen LogP contribution < -0.4 is 0 Å². The van der Waals surface area contributed by atoms with Crippen molar-refractivity contribution in [1.29, 1.82) is 0 Å². The first-order chi connectivity index (χ1) is 10.6. The third kappa shape index (κ3) is 3.75. The van der Waals surface area contributed by atoms with Gasteiger partial charge >= 0.3 is 17.1 Å². The maximum atomic E-state index is 2.27. The SMILES string of the molecule is CC(C)(C)c1ccccc1-c1ccccc1-c1ccccc1.[SeH2]. The summed E-state index contributed by atoms with van der Waals surface area (Å²) in [4.78, 5) is 0. The molecule has 0 aliphatic heterocycles. The molecule has 118 valence electrons. The van der Waals surface area contributed by atoms with Crippen LogP contribution in [0.2, 0.25) is 0 Å². The molecule has 23 heavy (non-hydrogen) atoms. The summed E-state index contributed by atoms with van der Waals surface area (Å²) in [5.41, 5.74) is 6.70. The topological polar surface area (TPSA) is 0 Å². The van der Waals surface area contributed by atoms with Gasteiger partial charge in [0.2, 0.25) is 0 Å². The third-order valence-electron chi connectivity index (χ3n) is 4.04. The quantitative estimate of drug-likeness (QED) is 0.532. The van der Waals surface area contributed by atoms with Crippen molar-refractivity contribution in [1.82, 2.24) is 0 Å². The molecule has 0 fully saturated rings. The van der Waals surface area contributed by atoms with Gasteiger partial charge in [0.25, 0.3) is 0 Å². The molecule has 0 saturated carbocycles. The molecule has 0 aliphatic rings. The number of hydrogen-bond donors (Lipinski definition) is 0. The van der Waals surface area contributed by atoms with Crippen molar-refractivity contribution in [3.63, 3.8) is 0 Å². The molecule has 3 rings (SSSR count). The predicted molar refractivity (Wildman–Crippen MR) is 105 cm³/mol. The van der Waals surface area contributed by atoms with Crippen molar-refractivity contribution < 1.29 is 0 Å². The zero-order valence-electron chi connectivity index (χ0n) is 14.0. The molecule has 3 aromatic rings. The molecule has 0 atom stereocenters. The van der Waals surface area contributed by atoms with Crippen molar-refractivity contribution >= 4 is 17.1 Å². The Morgan fingerprint density at radius 3 is 1.61 bits per heavy atom. The summed E-state index contributed by atoms with van der Waals surface area (Å²) < 4.78 is 0. The van der Waals surface area contributed by atoms with Crippen LogP contribution in [0.15, 0.2) is 78.9 Å². The Balaban J connectivity index is 0.00000192. The molecule has 0 heterocycles. The van der Waals surface area contributed by atoms with Crippen LogP contribution in [0.1, 0.15) is 26.3 Å². The minimum absolute atomic E-state index is 0. The molecular formula is C22H24Se. The van der Waals surface area contributed by atoms with Gasteiger partial charge in [0.05, 0.1) is 0 Å². The van der Waals surface area contributed by atoms with E-state index in [2.05, 4.69) is 99.6 Å². The van der Waals surface area contributed by atoms with Crippen LogP contribution in [-0.2, 0) is 5.41 Å². The van der Waals surface area contributed by atoms with E-state index >= 15 is 0 Å². The first-order valence-corrected chi connectivity index (χ1v) is 7.82. The molecule has 1 heteroatoms. The zero-order chi connectivity index (χ0) is 15.6. The van der Waals surface area contributed by atoms with Gasteiger partial charge in [0.1, 0.15) is 0 Å². The third-order valence-corrected chi connectivity index (χ3v) is 4.04. The van der Waals surface area contributed by atoms with E-state index in [4.69, 9.17) is 0 Å². The number of benzene rings is 3. The van der Waals surface area contributed by atoms with Gasteiger partial charge in [-0.15, -0.1) is 0 Å². The van der Waals surface area contributed by atoms with Crippen LogP contribution in [0.5, 0.6) is 0 Å². The van der Waals surface area contributed by atoms with E-state index in [-0.39, 0.29) is 22.5 Å². The fourth-order valence-corrected chi connectivity index (χ4v) is 2.96. The second kappa shape index (κ2) is 7.17. The van der Waals surface area contributed by atoms with E-state index < -0.39 is 0 Å². The molecule has 0 radical (unpaired) electrons. The monoisotopic (exact) mass is 368 g/mol. The van der Waals surface area contributed by atoms with Gasteiger partial charge in [-0.3, -0.25) is 0 Å². The summed E-state index contributed by atoms with van der Waals surface area (Å²) in [5.74, 6) is 0. The van der Waals surface area contributed by atoms with Crippen LogP contribution in [0.4, 0.5) is 0 Å². The Morgan fingerprint density at radius 2 is 1.00 bits per heavy atom. The van der Waals surface area contributed by atoms with Crippen molar-refractivity contribution in [2.24, 2.45) is 0 Å². The van der Waals surface area contributed by atoms with Crippen molar-refractivity contribution in [3.8, 4) is 22.3 Å². The Kier molecular flexibility index (Phi) is 5.46. The van der Waals surface area contributed by atoms with Crippen molar-refractivity contribution in [2.45, 2.75) is 26.2 Å². The van der Waals surface area contributed by atoms with Gasteiger partial charge < -0.3 is 0 Å². The molecular weight excluding hydrogens is 343 g/mol. The summed E-state index contributed by atoms with van der Waals surface area (Å²) in [6, 6.07) is 28.1. The van der Waals surface area contributed by atoms with Gasteiger partial charge in [0.15, 0.2) is 0 Å². The van der Waals surface area contributed by atoms with Crippen LogP contribution in [0, 0.1) is 0 Å². The molecule has 0 spiro atoms. The fourth-order valence-electron chi connectivity index (χ4n) is 2.96. The average molecular weight is 367 g/mol. The van der Waals surface area contributed by atoms with Crippen molar-refractivity contribution in [3.05, 3.63) is 84.4 Å². The summed E-state index contributed by atoms with van der Waals surface area (Å²) in [7, 11) is 0. The average Bonchev–Trinajstić information content (AvgIpc) is 2.55. The van der Waals surface area contributed by atoms with Crippen LogP contribution >= 0.6 is 0 Å². The summed E-state index contributed by atoms with van der Waals surface area (Å²) >= 11 is 0. The normalized spacial score (nSPS) is 10.9. The summed E-state index contributed by atoms with van der Waals surface area (Å²) in [5, 5.41) is 0. The van der Waals surface area contributed by atoms with E-state index in [0.717, 1.165) is 0 Å². The van der Waals surface area contributed by atoms with Gasteiger partial charge in [-0.25, -0.2) is 0 Å². The predicted octanol–water partition coefficient (Wildman–Crippen LogP) is 5.40. The standard InChI is InChI=1S/C22H22.H2Se/c1-22(2,3)21-16-10-9-15-20(21)19-14-8-7-13-18(19)17-11-5-4-6-12-17;/h4-16H,1-3H3;1H2.